The summed E-state index contributed by atoms with van der Waals surface area (Å²) in [5, 5.41) is 7.61. The van der Waals surface area contributed by atoms with E-state index in [1.165, 1.54) is 12.0 Å². The molecule has 0 saturated heterocycles. The van der Waals surface area contributed by atoms with Gasteiger partial charge in [-0.1, -0.05) is 20.8 Å². The molecule has 0 bridgehead atoms. The highest BCUT2D eigenvalue weighted by molar-refractivity contribution is 5.94. The van der Waals surface area contributed by atoms with Crippen LogP contribution in [0.2, 0.25) is 0 Å². The van der Waals surface area contributed by atoms with Crippen molar-refractivity contribution in [1.29, 1.82) is 0 Å². The summed E-state index contributed by atoms with van der Waals surface area (Å²) < 4.78 is 11.8. The zero-order chi connectivity index (χ0) is 22.5. The summed E-state index contributed by atoms with van der Waals surface area (Å²) in [6.07, 6.45) is 0. The highest BCUT2D eigenvalue weighted by Gasteiger charge is 2.24. The molecule has 0 saturated carbocycles. The van der Waals surface area contributed by atoms with Gasteiger partial charge in [-0.15, -0.1) is 0 Å². The first kappa shape index (κ1) is 23.4. The lowest BCUT2D eigenvalue weighted by Crippen LogP contribution is -2.44. The quantitative estimate of drug-likeness (QED) is 0.715. The molecule has 1 aromatic carbocycles. The fourth-order valence-corrected chi connectivity index (χ4v) is 2.86. The molecule has 0 aliphatic heterocycles. The smallest absolute Gasteiger partial charge is 0.249 e. The summed E-state index contributed by atoms with van der Waals surface area (Å²) in [5.41, 5.74) is 1.43. The van der Waals surface area contributed by atoms with Gasteiger partial charge in [-0.25, -0.2) is 4.68 Å². The van der Waals surface area contributed by atoms with Gasteiger partial charge < -0.3 is 19.7 Å². The van der Waals surface area contributed by atoms with Crippen molar-refractivity contribution in [3.8, 4) is 11.4 Å². The van der Waals surface area contributed by atoms with E-state index in [1.807, 2.05) is 44.2 Å². The first-order valence-electron chi connectivity index (χ1n) is 9.90. The number of benzene rings is 1. The summed E-state index contributed by atoms with van der Waals surface area (Å²) in [7, 11) is 3.07. The molecular formula is C22H32N4O4. The van der Waals surface area contributed by atoms with E-state index in [0.29, 0.717) is 5.82 Å². The predicted molar refractivity (Wildman–Crippen MR) is 116 cm³/mol. The van der Waals surface area contributed by atoms with Crippen LogP contribution in [0.5, 0.6) is 5.75 Å². The summed E-state index contributed by atoms with van der Waals surface area (Å²) >= 11 is 0. The molecule has 0 aliphatic rings. The lowest BCUT2D eigenvalue weighted by atomic mass is 9.92. The minimum atomic E-state index is -0.303. The average molecular weight is 417 g/mol. The van der Waals surface area contributed by atoms with E-state index in [9.17, 15) is 9.59 Å². The van der Waals surface area contributed by atoms with E-state index in [4.69, 9.17) is 14.6 Å². The average Bonchev–Trinajstić information content (AvgIpc) is 3.10. The third-order valence-corrected chi connectivity index (χ3v) is 4.59. The lowest BCUT2D eigenvalue weighted by Gasteiger charge is -2.25. The molecule has 30 heavy (non-hydrogen) atoms. The van der Waals surface area contributed by atoms with Crippen LogP contribution in [-0.2, 0) is 19.7 Å². The van der Waals surface area contributed by atoms with E-state index >= 15 is 0 Å². The van der Waals surface area contributed by atoms with Gasteiger partial charge in [-0.05, 0) is 38.1 Å². The van der Waals surface area contributed by atoms with Crippen LogP contribution in [0.25, 0.3) is 5.69 Å². The van der Waals surface area contributed by atoms with Crippen molar-refractivity contribution in [2.75, 3.05) is 32.7 Å². The van der Waals surface area contributed by atoms with Gasteiger partial charge >= 0.3 is 0 Å². The standard InChI is InChI=1S/C22H32N4O4/c1-15(2)25(21(28)14-29-6)13-20(27)23-19-12-18(22(3,4)5)24-26(19)16-8-10-17(30-7)11-9-16/h8-12,15H,13-14H2,1-7H3,(H,23,27). The molecule has 0 unspecified atom stereocenters. The number of nitrogens with zero attached hydrogens (tertiary/aromatic N) is 3. The van der Waals surface area contributed by atoms with Gasteiger partial charge in [-0.3, -0.25) is 9.59 Å². The Morgan fingerprint density at radius 1 is 1.17 bits per heavy atom. The molecule has 0 fully saturated rings. The fourth-order valence-electron chi connectivity index (χ4n) is 2.86. The number of aromatic nitrogens is 2. The van der Waals surface area contributed by atoms with E-state index in [1.54, 1.807) is 11.8 Å². The van der Waals surface area contributed by atoms with Gasteiger partial charge in [-0.2, -0.15) is 5.10 Å². The number of hydrogen-bond donors (Lipinski definition) is 1. The van der Waals surface area contributed by atoms with Crippen LogP contribution in [0.3, 0.4) is 0 Å². The second-order valence-corrected chi connectivity index (χ2v) is 8.37. The maximum atomic E-state index is 12.8. The van der Waals surface area contributed by atoms with E-state index in [-0.39, 0.29) is 36.4 Å². The summed E-state index contributed by atoms with van der Waals surface area (Å²) in [6.45, 7) is 9.76. The third kappa shape index (κ3) is 5.82. The highest BCUT2D eigenvalue weighted by Crippen LogP contribution is 2.27. The number of amides is 2. The molecule has 1 heterocycles. The maximum absolute atomic E-state index is 12.8. The minimum Gasteiger partial charge on any atom is -0.497 e. The van der Waals surface area contributed by atoms with Crippen molar-refractivity contribution in [3.05, 3.63) is 36.0 Å². The van der Waals surface area contributed by atoms with Crippen molar-refractivity contribution in [2.24, 2.45) is 0 Å². The molecule has 8 nitrogen and oxygen atoms in total. The number of anilines is 1. The number of methoxy groups -OCH3 is 2. The Morgan fingerprint density at radius 3 is 2.30 bits per heavy atom. The molecule has 8 heteroatoms. The van der Waals surface area contributed by atoms with Gasteiger partial charge in [0.2, 0.25) is 11.8 Å². The van der Waals surface area contributed by atoms with Gasteiger partial charge in [0.1, 0.15) is 24.7 Å². The highest BCUT2D eigenvalue weighted by atomic mass is 16.5. The van der Waals surface area contributed by atoms with Crippen LogP contribution in [-0.4, -0.2) is 59.9 Å². The number of carbonyl (C=O) groups is 2. The Morgan fingerprint density at radius 2 is 1.80 bits per heavy atom. The minimum absolute atomic E-state index is 0.0661. The molecule has 1 N–H and O–H groups in total. The van der Waals surface area contributed by atoms with Crippen molar-refractivity contribution in [2.45, 2.75) is 46.1 Å². The Bertz CT molecular complexity index is 866. The Kier molecular flexibility index (Phi) is 7.61. The number of hydrogen-bond acceptors (Lipinski definition) is 5. The number of rotatable bonds is 8. The molecule has 164 valence electrons. The molecule has 2 amide bonds. The largest absolute Gasteiger partial charge is 0.497 e. The maximum Gasteiger partial charge on any atom is 0.249 e. The van der Waals surface area contributed by atoms with Crippen LogP contribution >= 0.6 is 0 Å². The van der Waals surface area contributed by atoms with E-state index < -0.39 is 0 Å². The number of nitrogens with one attached hydrogen (secondary N) is 1. The predicted octanol–water partition coefficient (Wildman–Crippen LogP) is 3.00. The van der Waals surface area contributed by atoms with Crippen LogP contribution in [0.1, 0.15) is 40.3 Å². The molecule has 0 aliphatic carbocycles. The third-order valence-electron chi connectivity index (χ3n) is 4.59. The van der Waals surface area contributed by atoms with Gasteiger partial charge in [0.05, 0.1) is 18.5 Å². The second kappa shape index (κ2) is 9.75. The van der Waals surface area contributed by atoms with Crippen molar-refractivity contribution in [1.82, 2.24) is 14.7 Å². The fraction of sp³-hybridized carbons (Fsp3) is 0.500. The summed E-state index contributed by atoms with van der Waals surface area (Å²) in [6, 6.07) is 9.15. The Hall–Kier alpha value is -2.87. The molecule has 1 aromatic heterocycles. The van der Waals surface area contributed by atoms with Gasteiger partial charge in [0.15, 0.2) is 0 Å². The van der Waals surface area contributed by atoms with Gasteiger partial charge in [0, 0.05) is 24.6 Å². The van der Waals surface area contributed by atoms with Gasteiger partial charge in [0.25, 0.3) is 0 Å². The normalized spacial score (nSPS) is 11.5. The molecule has 2 rings (SSSR count). The monoisotopic (exact) mass is 416 g/mol. The molecule has 0 radical (unpaired) electrons. The van der Waals surface area contributed by atoms with Crippen LogP contribution < -0.4 is 10.1 Å². The van der Waals surface area contributed by atoms with E-state index in [2.05, 4.69) is 26.1 Å². The second-order valence-electron chi connectivity index (χ2n) is 8.37. The number of ether oxygens (including phenoxy) is 2. The van der Waals surface area contributed by atoms with Crippen LogP contribution in [0.4, 0.5) is 5.82 Å². The van der Waals surface area contributed by atoms with Crippen molar-refractivity contribution in [3.63, 3.8) is 0 Å². The zero-order valence-corrected chi connectivity index (χ0v) is 18.9. The van der Waals surface area contributed by atoms with Crippen molar-refractivity contribution < 1.29 is 19.1 Å². The first-order valence-corrected chi connectivity index (χ1v) is 9.90. The summed E-state index contributed by atoms with van der Waals surface area (Å²) in [5.74, 6) is 0.736. The Labute approximate surface area is 178 Å². The SMILES string of the molecule is COCC(=O)N(CC(=O)Nc1cc(C(C)(C)C)nn1-c1ccc(OC)cc1)C(C)C. The van der Waals surface area contributed by atoms with Crippen molar-refractivity contribution >= 4 is 17.6 Å². The molecular weight excluding hydrogens is 384 g/mol. The molecule has 0 atom stereocenters. The topological polar surface area (TPSA) is 85.7 Å². The first-order chi connectivity index (χ1) is 14.1. The summed E-state index contributed by atoms with van der Waals surface area (Å²) in [4.78, 5) is 26.5. The number of carbonyl (C=O) groups excluding carboxylic acids is 2. The van der Waals surface area contributed by atoms with Crippen LogP contribution in [0, 0.1) is 0 Å². The zero-order valence-electron chi connectivity index (χ0n) is 18.9. The van der Waals surface area contributed by atoms with Crippen LogP contribution in [0.15, 0.2) is 30.3 Å². The van der Waals surface area contributed by atoms with E-state index in [0.717, 1.165) is 17.1 Å². The molecule has 0 spiro atoms. The molecule has 2 aromatic rings. The Balaban J connectivity index is 2.31. The lowest BCUT2D eigenvalue weighted by molar-refractivity contribution is -0.139.